The zero-order valence-corrected chi connectivity index (χ0v) is 13.6. The molecular weight excluding hydrogens is 297 g/mol. The molecule has 22 heavy (non-hydrogen) atoms. The Kier molecular flexibility index (Phi) is 7.41. The molecule has 2 N–H and O–H groups in total. The maximum absolute atomic E-state index is 12.2. The minimum Gasteiger partial charge on any atom is -0.381 e. The van der Waals surface area contributed by atoms with Crippen molar-refractivity contribution in [3.05, 3.63) is 0 Å². The quantitative estimate of drug-likeness (QED) is 0.576. The van der Waals surface area contributed by atoms with Gasteiger partial charge in [0.1, 0.15) is 0 Å². The molecule has 1 aliphatic heterocycles. The number of aliphatic imine (C=N–C) groups is 1. The van der Waals surface area contributed by atoms with Crippen LogP contribution in [0.3, 0.4) is 0 Å². The number of alkyl halides is 3. The monoisotopic (exact) mass is 324 g/mol. The van der Waals surface area contributed by atoms with E-state index >= 15 is 0 Å². The molecule has 5 nitrogen and oxygen atoms in total. The Morgan fingerprint density at radius 3 is 2.36 bits per heavy atom. The smallest absolute Gasteiger partial charge is 0.381 e. The molecule has 1 fully saturated rings. The van der Waals surface area contributed by atoms with Crippen LogP contribution in [-0.2, 0) is 4.74 Å². The predicted molar refractivity (Wildman–Crippen MR) is 81.1 cm³/mol. The SMILES string of the molecule is CCNC(=NCC1(N(C)C)CCOCC1)NCCC(F)(F)F. The van der Waals surface area contributed by atoms with Crippen LogP contribution in [0.5, 0.6) is 0 Å². The standard InChI is InChI=1S/C14H27F3N4O/c1-4-18-12(19-8-5-14(15,16)17)20-11-13(21(2)3)6-9-22-10-7-13/h4-11H2,1-3H3,(H2,18,19,20). The first-order valence-corrected chi connectivity index (χ1v) is 7.63. The topological polar surface area (TPSA) is 48.9 Å². The Bertz CT molecular complexity index is 352. The summed E-state index contributed by atoms with van der Waals surface area (Å²) in [7, 11) is 4.01. The number of halogens is 3. The van der Waals surface area contributed by atoms with Crippen LogP contribution in [0, 0.1) is 0 Å². The largest absolute Gasteiger partial charge is 0.390 e. The lowest BCUT2D eigenvalue weighted by Gasteiger charge is -2.41. The maximum atomic E-state index is 12.2. The average Bonchev–Trinajstić information content (AvgIpc) is 2.44. The fraction of sp³-hybridized carbons (Fsp3) is 0.929. The molecule has 0 radical (unpaired) electrons. The van der Waals surface area contributed by atoms with Crippen LogP contribution in [0.25, 0.3) is 0 Å². The van der Waals surface area contributed by atoms with Crippen LogP contribution < -0.4 is 10.6 Å². The molecule has 0 unspecified atom stereocenters. The fourth-order valence-electron chi connectivity index (χ4n) is 2.39. The lowest BCUT2D eigenvalue weighted by Crippen LogP contribution is -2.51. The lowest BCUT2D eigenvalue weighted by molar-refractivity contribution is -0.132. The third-order valence-electron chi connectivity index (χ3n) is 3.95. The fourth-order valence-corrected chi connectivity index (χ4v) is 2.39. The van der Waals surface area contributed by atoms with Crippen molar-refractivity contribution in [3.8, 4) is 0 Å². The van der Waals surface area contributed by atoms with E-state index in [2.05, 4.69) is 20.5 Å². The average molecular weight is 324 g/mol. The second-order valence-electron chi connectivity index (χ2n) is 5.72. The van der Waals surface area contributed by atoms with Crippen molar-refractivity contribution in [3.63, 3.8) is 0 Å². The summed E-state index contributed by atoms with van der Waals surface area (Å²) in [6.45, 7) is 4.22. The van der Waals surface area contributed by atoms with Gasteiger partial charge < -0.3 is 20.3 Å². The zero-order valence-electron chi connectivity index (χ0n) is 13.6. The Labute approximate surface area is 130 Å². The molecule has 1 saturated heterocycles. The summed E-state index contributed by atoms with van der Waals surface area (Å²) in [6, 6.07) is 0. The van der Waals surface area contributed by atoms with Gasteiger partial charge in [0, 0.05) is 31.8 Å². The Morgan fingerprint density at radius 1 is 1.23 bits per heavy atom. The molecule has 130 valence electrons. The molecule has 8 heteroatoms. The van der Waals surface area contributed by atoms with Gasteiger partial charge in [0.15, 0.2) is 5.96 Å². The summed E-state index contributed by atoms with van der Waals surface area (Å²) >= 11 is 0. The van der Waals surface area contributed by atoms with Gasteiger partial charge in [-0.25, -0.2) is 0 Å². The number of rotatable bonds is 6. The molecule has 0 aromatic heterocycles. The van der Waals surface area contributed by atoms with E-state index in [-0.39, 0.29) is 12.1 Å². The number of hydrogen-bond donors (Lipinski definition) is 2. The van der Waals surface area contributed by atoms with E-state index in [9.17, 15) is 13.2 Å². The highest BCUT2D eigenvalue weighted by atomic mass is 19.4. The van der Waals surface area contributed by atoms with Gasteiger partial charge in [0.05, 0.1) is 13.0 Å². The van der Waals surface area contributed by atoms with Gasteiger partial charge in [0.2, 0.25) is 0 Å². The van der Waals surface area contributed by atoms with Gasteiger partial charge in [-0.2, -0.15) is 13.2 Å². The van der Waals surface area contributed by atoms with Crippen molar-refractivity contribution in [1.82, 2.24) is 15.5 Å². The summed E-state index contributed by atoms with van der Waals surface area (Å²) in [5, 5.41) is 5.73. The minimum absolute atomic E-state index is 0.0926. The van der Waals surface area contributed by atoms with Gasteiger partial charge in [-0.3, -0.25) is 4.99 Å². The number of hydrogen-bond acceptors (Lipinski definition) is 3. The first-order valence-electron chi connectivity index (χ1n) is 7.63. The molecule has 0 aromatic carbocycles. The zero-order chi connectivity index (χ0) is 16.6. The van der Waals surface area contributed by atoms with Crippen molar-refractivity contribution in [2.75, 3.05) is 46.9 Å². The van der Waals surface area contributed by atoms with Gasteiger partial charge in [-0.05, 0) is 33.9 Å². The van der Waals surface area contributed by atoms with E-state index in [1.54, 1.807) is 0 Å². The highest BCUT2D eigenvalue weighted by Crippen LogP contribution is 2.26. The third kappa shape index (κ3) is 6.39. The summed E-state index contributed by atoms with van der Waals surface area (Å²) in [5.41, 5.74) is -0.0926. The molecule has 1 rings (SSSR count). The van der Waals surface area contributed by atoms with Crippen molar-refractivity contribution in [1.29, 1.82) is 0 Å². The second kappa shape index (κ2) is 8.57. The van der Waals surface area contributed by atoms with Gasteiger partial charge in [0.25, 0.3) is 0 Å². The molecule has 0 amide bonds. The van der Waals surface area contributed by atoms with Crippen LogP contribution in [0.1, 0.15) is 26.2 Å². The molecular formula is C14H27F3N4O. The second-order valence-corrected chi connectivity index (χ2v) is 5.72. The summed E-state index contributed by atoms with van der Waals surface area (Å²) in [5.74, 6) is 0.430. The molecule has 1 aliphatic rings. The maximum Gasteiger partial charge on any atom is 0.390 e. The number of likely N-dealkylation sites (N-methyl/N-ethyl adjacent to an activating group) is 1. The third-order valence-corrected chi connectivity index (χ3v) is 3.95. The van der Waals surface area contributed by atoms with Crippen LogP contribution in [0.4, 0.5) is 13.2 Å². The number of nitrogens with zero attached hydrogens (tertiary/aromatic N) is 2. The Balaban J connectivity index is 2.62. The van der Waals surface area contributed by atoms with Crippen molar-refractivity contribution in [2.24, 2.45) is 4.99 Å². The molecule has 0 bridgehead atoms. The van der Waals surface area contributed by atoms with Gasteiger partial charge in [-0.1, -0.05) is 0 Å². The Hall–Kier alpha value is -1.02. The van der Waals surface area contributed by atoms with Crippen molar-refractivity contribution in [2.45, 2.75) is 37.9 Å². The van der Waals surface area contributed by atoms with Crippen LogP contribution in [-0.4, -0.2) is 69.5 Å². The summed E-state index contributed by atoms with van der Waals surface area (Å²) in [4.78, 5) is 6.62. The van der Waals surface area contributed by atoms with Crippen LogP contribution in [0.2, 0.25) is 0 Å². The predicted octanol–water partition coefficient (Wildman–Crippen LogP) is 1.60. The van der Waals surface area contributed by atoms with Gasteiger partial charge >= 0.3 is 6.18 Å². The lowest BCUT2D eigenvalue weighted by atomic mass is 9.89. The van der Waals surface area contributed by atoms with E-state index in [1.807, 2.05) is 21.0 Å². The van der Waals surface area contributed by atoms with E-state index in [4.69, 9.17) is 4.74 Å². The summed E-state index contributed by atoms with van der Waals surface area (Å²) < 4.78 is 42.0. The molecule has 1 heterocycles. The molecule has 0 saturated carbocycles. The van der Waals surface area contributed by atoms with E-state index < -0.39 is 12.6 Å². The summed E-state index contributed by atoms with van der Waals surface area (Å²) in [6.07, 6.45) is -3.29. The normalized spacial score (nSPS) is 19.3. The van der Waals surface area contributed by atoms with Crippen LogP contribution in [0.15, 0.2) is 4.99 Å². The number of guanidine groups is 1. The number of ether oxygens (including phenoxy) is 1. The molecule has 0 spiro atoms. The first-order chi connectivity index (χ1) is 10.3. The molecule has 0 aliphatic carbocycles. The molecule has 0 aromatic rings. The Morgan fingerprint density at radius 2 is 1.86 bits per heavy atom. The first kappa shape index (κ1) is 19.0. The van der Waals surface area contributed by atoms with E-state index in [0.29, 0.717) is 32.3 Å². The highest BCUT2D eigenvalue weighted by Gasteiger charge is 2.34. The van der Waals surface area contributed by atoms with E-state index in [1.165, 1.54) is 0 Å². The van der Waals surface area contributed by atoms with E-state index in [0.717, 1.165) is 12.8 Å². The van der Waals surface area contributed by atoms with Gasteiger partial charge in [-0.15, -0.1) is 0 Å². The van der Waals surface area contributed by atoms with Crippen molar-refractivity contribution < 1.29 is 17.9 Å². The number of nitrogens with one attached hydrogen (secondary N) is 2. The van der Waals surface area contributed by atoms with Crippen molar-refractivity contribution >= 4 is 5.96 Å². The highest BCUT2D eigenvalue weighted by molar-refractivity contribution is 5.79. The minimum atomic E-state index is -4.16. The molecule has 0 atom stereocenters. The van der Waals surface area contributed by atoms with Crippen LogP contribution >= 0.6 is 0 Å².